The molecule has 1 saturated heterocycles. The van der Waals surface area contributed by atoms with Gasteiger partial charge in [-0.2, -0.15) is 0 Å². The number of piperazine rings is 1. The lowest BCUT2D eigenvalue weighted by Crippen LogP contribution is -2.52. The van der Waals surface area contributed by atoms with Crippen molar-refractivity contribution < 1.29 is 14.7 Å². The molecule has 1 fully saturated rings. The van der Waals surface area contributed by atoms with Gasteiger partial charge in [0.25, 0.3) is 11.8 Å². The fourth-order valence-electron chi connectivity index (χ4n) is 2.28. The lowest BCUT2D eigenvalue weighted by molar-refractivity contribution is -0.141. The van der Waals surface area contributed by atoms with Crippen LogP contribution in [0, 0.1) is 0 Å². The molecular formula is C15H20N2O3. The minimum Gasteiger partial charge on any atom is -0.383 e. The third-order valence-corrected chi connectivity index (χ3v) is 3.57. The van der Waals surface area contributed by atoms with Crippen LogP contribution in [-0.4, -0.2) is 59.0 Å². The largest absolute Gasteiger partial charge is 0.383 e. The van der Waals surface area contributed by atoms with Crippen molar-refractivity contribution in [2.24, 2.45) is 0 Å². The van der Waals surface area contributed by atoms with Crippen LogP contribution in [0.1, 0.15) is 23.7 Å². The molecule has 1 aliphatic rings. The van der Waals surface area contributed by atoms with Gasteiger partial charge in [0, 0.05) is 31.7 Å². The Kier molecular flexibility index (Phi) is 4.74. The zero-order valence-electron chi connectivity index (χ0n) is 11.7. The fraction of sp³-hybridized carbons (Fsp3) is 0.467. The topological polar surface area (TPSA) is 60.9 Å². The Morgan fingerprint density at radius 2 is 1.65 bits per heavy atom. The van der Waals surface area contributed by atoms with E-state index in [2.05, 4.69) is 0 Å². The van der Waals surface area contributed by atoms with E-state index < -0.39 is 6.10 Å². The summed E-state index contributed by atoms with van der Waals surface area (Å²) in [5, 5.41) is 9.56. The zero-order valence-corrected chi connectivity index (χ0v) is 11.7. The van der Waals surface area contributed by atoms with Crippen LogP contribution in [0.5, 0.6) is 0 Å². The van der Waals surface area contributed by atoms with Gasteiger partial charge < -0.3 is 14.9 Å². The maximum Gasteiger partial charge on any atom is 0.253 e. The second-order valence-corrected chi connectivity index (χ2v) is 4.91. The summed E-state index contributed by atoms with van der Waals surface area (Å²) in [5.41, 5.74) is 0.667. The van der Waals surface area contributed by atoms with Crippen molar-refractivity contribution in [3.8, 4) is 0 Å². The molecule has 2 amide bonds. The summed E-state index contributed by atoms with van der Waals surface area (Å²) >= 11 is 0. The van der Waals surface area contributed by atoms with E-state index in [1.165, 1.54) is 0 Å². The minimum atomic E-state index is -0.925. The van der Waals surface area contributed by atoms with Crippen LogP contribution in [0.2, 0.25) is 0 Å². The molecule has 0 unspecified atom stereocenters. The first-order chi connectivity index (χ1) is 9.63. The summed E-state index contributed by atoms with van der Waals surface area (Å²) in [6.45, 7) is 3.76. The van der Waals surface area contributed by atoms with E-state index in [0.29, 0.717) is 38.2 Å². The van der Waals surface area contributed by atoms with Gasteiger partial charge in [0.15, 0.2) is 0 Å². The first kappa shape index (κ1) is 14.5. The van der Waals surface area contributed by atoms with Gasteiger partial charge in [-0.25, -0.2) is 0 Å². The van der Waals surface area contributed by atoms with Gasteiger partial charge in [0.1, 0.15) is 6.10 Å². The first-order valence-corrected chi connectivity index (χ1v) is 6.94. The van der Waals surface area contributed by atoms with E-state index in [-0.39, 0.29) is 11.8 Å². The van der Waals surface area contributed by atoms with Crippen LogP contribution >= 0.6 is 0 Å². The van der Waals surface area contributed by atoms with Gasteiger partial charge in [-0.05, 0) is 18.6 Å². The van der Waals surface area contributed by atoms with Crippen molar-refractivity contribution >= 4 is 11.8 Å². The summed E-state index contributed by atoms with van der Waals surface area (Å²) in [5.74, 6) is -0.243. The van der Waals surface area contributed by atoms with Crippen LogP contribution < -0.4 is 0 Å². The van der Waals surface area contributed by atoms with Crippen LogP contribution in [0.15, 0.2) is 30.3 Å². The second-order valence-electron chi connectivity index (χ2n) is 4.91. The molecule has 0 aliphatic carbocycles. The Hall–Kier alpha value is -1.88. The molecule has 2 rings (SSSR count). The summed E-state index contributed by atoms with van der Waals surface area (Å²) in [4.78, 5) is 27.5. The standard InChI is InChI=1S/C15H20N2O3/c1-2-13(18)15(20)17-10-8-16(9-11-17)14(19)12-6-4-3-5-7-12/h3-7,13,18H,2,8-11H2,1H3/t13-/m0/s1. The van der Waals surface area contributed by atoms with E-state index >= 15 is 0 Å². The molecule has 0 spiro atoms. The second kappa shape index (κ2) is 6.52. The van der Waals surface area contributed by atoms with E-state index in [1.807, 2.05) is 18.2 Å². The van der Waals surface area contributed by atoms with Gasteiger partial charge in [-0.15, -0.1) is 0 Å². The Morgan fingerprint density at radius 3 is 2.20 bits per heavy atom. The van der Waals surface area contributed by atoms with Crippen LogP contribution in [0.25, 0.3) is 0 Å². The van der Waals surface area contributed by atoms with Gasteiger partial charge in [0.2, 0.25) is 0 Å². The maximum atomic E-state index is 12.2. The highest BCUT2D eigenvalue weighted by atomic mass is 16.3. The summed E-state index contributed by atoms with van der Waals surface area (Å²) in [7, 11) is 0. The van der Waals surface area contributed by atoms with Gasteiger partial charge in [0.05, 0.1) is 0 Å². The number of amides is 2. The van der Waals surface area contributed by atoms with Gasteiger partial charge in [-0.3, -0.25) is 9.59 Å². The number of aliphatic hydroxyl groups is 1. The highest BCUT2D eigenvalue weighted by Crippen LogP contribution is 2.10. The van der Waals surface area contributed by atoms with E-state index in [1.54, 1.807) is 28.9 Å². The van der Waals surface area contributed by atoms with Gasteiger partial charge >= 0.3 is 0 Å². The number of nitrogens with zero attached hydrogens (tertiary/aromatic N) is 2. The number of hydrogen-bond acceptors (Lipinski definition) is 3. The molecule has 1 aliphatic heterocycles. The molecule has 1 aromatic rings. The molecule has 1 N–H and O–H groups in total. The maximum absolute atomic E-state index is 12.2. The molecule has 0 saturated carbocycles. The molecule has 5 nitrogen and oxygen atoms in total. The molecule has 0 radical (unpaired) electrons. The highest BCUT2D eigenvalue weighted by molar-refractivity contribution is 5.94. The average molecular weight is 276 g/mol. The normalized spacial score (nSPS) is 16.9. The molecular weight excluding hydrogens is 256 g/mol. The van der Waals surface area contributed by atoms with E-state index in [0.717, 1.165) is 0 Å². The smallest absolute Gasteiger partial charge is 0.253 e. The van der Waals surface area contributed by atoms with Crippen molar-refractivity contribution in [1.29, 1.82) is 0 Å². The first-order valence-electron chi connectivity index (χ1n) is 6.94. The average Bonchev–Trinajstić information content (AvgIpc) is 2.53. The Balaban J connectivity index is 1.92. The number of carbonyl (C=O) groups excluding carboxylic acids is 2. The molecule has 108 valence electrons. The molecule has 1 aromatic carbocycles. The van der Waals surface area contributed by atoms with Crippen molar-refractivity contribution in [2.45, 2.75) is 19.4 Å². The molecule has 1 atom stereocenters. The Labute approximate surface area is 118 Å². The number of aliphatic hydroxyl groups excluding tert-OH is 1. The molecule has 20 heavy (non-hydrogen) atoms. The number of carbonyl (C=O) groups is 2. The van der Waals surface area contributed by atoms with E-state index in [4.69, 9.17) is 0 Å². The number of benzene rings is 1. The fourth-order valence-corrected chi connectivity index (χ4v) is 2.28. The van der Waals surface area contributed by atoms with Crippen molar-refractivity contribution in [1.82, 2.24) is 9.80 Å². The van der Waals surface area contributed by atoms with Crippen LogP contribution in [0.4, 0.5) is 0 Å². The number of hydrogen-bond donors (Lipinski definition) is 1. The molecule has 1 heterocycles. The van der Waals surface area contributed by atoms with Gasteiger partial charge in [-0.1, -0.05) is 25.1 Å². The Bertz CT molecular complexity index is 467. The predicted octanol–water partition coefficient (Wildman–Crippen LogP) is 0.742. The predicted molar refractivity (Wildman–Crippen MR) is 75.2 cm³/mol. The Morgan fingerprint density at radius 1 is 1.10 bits per heavy atom. The molecule has 0 bridgehead atoms. The SMILES string of the molecule is CC[C@H](O)C(=O)N1CCN(C(=O)c2ccccc2)CC1. The lowest BCUT2D eigenvalue weighted by Gasteiger charge is -2.35. The van der Waals surface area contributed by atoms with Crippen LogP contribution in [-0.2, 0) is 4.79 Å². The lowest BCUT2D eigenvalue weighted by atomic mass is 10.1. The monoisotopic (exact) mass is 276 g/mol. The third-order valence-electron chi connectivity index (χ3n) is 3.57. The van der Waals surface area contributed by atoms with Crippen molar-refractivity contribution in [3.05, 3.63) is 35.9 Å². The minimum absolute atomic E-state index is 0.00580. The zero-order chi connectivity index (χ0) is 14.5. The quantitative estimate of drug-likeness (QED) is 0.886. The summed E-state index contributed by atoms with van der Waals surface area (Å²) < 4.78 is 0. The number of rotatable bonds is 3. The summed E-state index contributed by atoms with van der Waals surface area (Å²) in [6.07, 6.45) is -0.506. The molecule has 5 heteroatoms. The van der Waals surface area contributed by atoms with Crippen LogP contribution in [0.3, 0.4) is 0 Å². The van der Waals surface area contributed by atoms with E-state index in [9.17, 15) is 14.7 Å². The van der Waals surface area contributed by atoms with Crippen molar-refractivity contribution in [3.63, 3.8) is 0 Å². The highest BCUT2D eigenvalue weighted by Gasteiger charge is 2.27. The third kappa shape index (κ3) is 3.17. The van der Waals surface area contributed by atoms with Crippen molar-refractivity contribution in [2.75, 3.05) is 26.2 Å². The molecule has 0 aromatic heterocycles. The summed E-state index contributed by atoms with van der Waals surface area (Å²) in [6, 6.07) is 9.14.